The molecule has 0 aliphatic rings. The number of carbonyl (C=O) groups excluding carboxylic acids is 2. The predicted molar refractivity (Wildman–Crippen MR) is 107 cm³/mol. The van der Waals surface area contributed by atoms with Gasteiger partial charge in [-0.2, -0.15) is 0 Å². The Morgan fingerprint density at radius 2 is 1.93 bits per heavy atom. The van der Waals surface area contributed by atoms with Crippen molar-refractivity contribution in [3.05, 3.63) is 59.9 Å². The number of halogens is 1. The van der Waals surface area contributed by atoms with Gasteiger partial charge in [0.1, 0.15) is 17.6 Å². The van der Waals surface area contributed by atoms with Crippen LogP contribution in [0.25, 0.3) is 0 Å². The number of nitrogens with zero attached hydrogens (tertiary/aromatic N) is 2. The first-order chi connectivity index (χ1) is 14.4. The van der Waals surface area contributed by atoms with Gasteiger partial charge in [-0.1, -0.05) is 12.1 Å². The SMILES string of the molecule is COCC(NC(=O)c1cnccn1)C(=O)N[C@@H](CCCc1ccc(F)cc1)B(O)O. The van der Waals surface area contributed by atoms with E-state index in [1.807, 2.05) is 0 Å². The first-order valence-corrected chi connectivity index (χ1v) is 9.37. The molecule has 30 heavy (non-hydrogen) atoms. The molecule has 0 spiro atoms. The lowest BCUT2D eigenvalue weighted by Crippen LogP contribution is -2.55. The number of hydrogen-bond donors (Lipinski definition) is 4. The molecular formula is C19H24BFN4O5. The number of hydrogen-bond acceptors (Lipinski definition) is 7. The minimum absolute atomic E-state index is 0.0319. The summed E-state index contributed by atoms with van der Waals surface area (Å²) in [4.78, 5) is 32.5. The van der Waals surface area contributed by atoms with E-state index in [0.29, 0.717) is 12.8 Å². The van der Waals surface area contributed by atoms with Crippen LogP contribution in [0.4, 0.5) is 4.39 Å². The zero-order chi connectivity index (χ0) is 21.9. The Morgan fingerprint density at radius 3 is 2.53 bits per heavy atom. The molecule has 0 aliphatic heterocycles. The predicted octanol–water partition coefficient (Wildman–Crippen LogP) is -0.120. The van der Waals surface area contributed by atoms with Gasteiger partial charge in [0, 0.05) is 19.5 Å². The van der Waals surface area contributed by atoms with Gasteiger partial charge in [0.2, 0.25) is 5.91 Å². The van der Waals surface area contributed by atoms with Crippen molar-refractivity contribution >= 4 is 18.9 Å². The molecule has 1 heterocycles. The largest absolute Gasteiger partial charge is 0.475 e. The number of ether oxygens (including phenoxy) is 1. The van der Waals surface area contributed by atoms with Gasteiger partial charge in [-0.25, -0.2) is 9.37 Å². The van der Waals surface area contributed by atoms with Crippen LogP contribution in [0.5, 0.6) is 0 Å². The van der Waals surface area contributed by atoms with Crippen molar-refractivity contribution in [1.82, 2.24) is 20.6 Å². The topological polar surface area (TPSA) is 134 Å². The highest BCUT2D eigenvalue weighted by atomic mass is 19.1. The van der Waals surface area contributed by atoms with E-state index in [2.05, 4.69) is 20.6 Å². The summed E-state index contributed by atoms with van der Waals surface area (Å²) in [6.07, 6.45) is 5.37. The molecule has 2 amide bonds. The second-order valence-corrected chi connectivity index (χ2v) is 6.62. The van der Waals surface area contributed by atoms with Crippen LogP contribution in [0.3, 0.4) is 0 Å². The van der Waals surface area contributed by atoms with Crippen molar-refractivity contribution in [3.63, 3.8) is 0 Å². The first kappa shape index (κ1) is 23.4. The summed E-state index contributed by atoms with van der Waals surface area (Å²) in [6.45, 7) is -0.123. The molecule has 11 heteroatoms. The maximum absolute atomic E-state index is 13.0. The molecule has 2 aromatic rings. The van der Waals surface area contributed by atoms with Crippen LogP contribution in [0.1, 0.15) is 28.9 Å². The van der Waals surface area contributed by atoms with E-state index >= 15 is 0 Å². The molecule has 4 N–H and O–H groups in total. The van der Waals surface area contributed by atoms with Gasteiger partial charge < -0.3 is 25.4 Å². The average Bonchev–Trinajstić information content (AvgIpc) is 2.74. The third kappa shape index (κ3) is 7.50. The summed E-state index contributed by atoms with van der Waals surface area (Å²) in [7, 11) is -0.420. The maximum Gasteiger partial charge on any atom is 0.475 e. The zero-order valence-corrected chi connectivity index (χ0v) is 16.5. The van der Waals surface area contributed by atoms with Gasteiger partial charge >= 0.3 is 7.12 Å². The fourth-order valence-electron chi connectivity index (χ4n) is 2.75. The number of nitrogens with one attached hydrogen (secondary N) is 2. The van der Waals surface area contributed by atoms with Gasteiger partial charge in [-0.3, -0.25) is 14.6 Å². The van der Waals surface area contributed by atoms with Gasteiger partial charge in [-0.05, 0) is 37.0 Å². The van der Waals surface area contributed by atoms with E-state index in [-0.39, 0.29) is 24.5 Å². The van der Waals surface area contributed by atoms with Crippen LogP contribution in [0, 0.1) is 5.82 Å². The third-order valence-corrected chi connectivity index (χ3v) is 4.33. The molecule has 1 aromatic carbocycles. The molecule has 0 saturated carbocycles. The minimum atomic E-state index is -1.79. The standard InChI is InChI=1S/C19H24BFN4O5/c1-30-12-16(24-18(26)15-11-22-9-10-23-15)19(27)25-17(20(28)29)4-2-3-13-5-7-14(21)8-6-13/h5-11,16-17,28-29H,2-4,12H2,1H3,(H,24,26)(H,25,27)/t16?,17-/m0/s1. The molecular weight excluding hydrogens is 394 g/mol. The minimum Gasteiger partial charge on any atom is -0.426 e. The molecule has 1 unspecified atom stereocenters. The van der Waals surface area contributed by atoms with Gasteiger partial charge in [0.25, 0.3) is 5.91 Å². The summed E-state index contributed by atoms with van der Waals surface area (Å²) < 4.78 is 17.9. The molecule has 2 rings (SSSR count). The number of aryl methyl sites for hydroxylation is 1. The van der Waals surface area contributed by atoms with Crippen LogP contribution in [-0.4, -0.2) is 64.6 Å². The first-order valence-electron chi connectivity index (χ1n) is 9.37. The highest BCUT2D eigenvalue weighted by molar-refractivity contribution is 6.43. The van der Waals surface area contributed by atoms with Gasteiger partial charge in [0.15, 0.2) is 0 Å². The van der Waals surface area contributed by atoms with E-state index < -0.39 is 30.9 Å². The van der Waals surface area contributed by atoms with E-state index in [1.165, 1.54) is 37.8 Å². The number of carbonyl (C=O) groups is 2. The lowest BCUT2D eigenvalue weighted by atomic mass is 9.76. The third-order valence-electron chi connectivity index (χ3n) is 4.33. The quantitative estimate of drug-likeness (QED) is 0.374. The second kappa shape index (κ2) is 12.0. The van der Waals surface area contributed by atoms with E-state index in [9.17, 15) is 24.0 Å². The molecule has 1 aromatic heterocycles. The molecule has 0 saturated heterocycles. The number of rotatable bonds is 11. The highest BCUT2D eigenvalue weighted by Crippen LogP contribution is 2.09. The monoisotopic (exact) mass is 418 g/mol. The summed E-state index contributed by atoms with van der Waals surface area (Å²) in [5.41, 5.74) is 0.923. The summed E-state index contributed by atoms with van der Waals surface area (Å²) >= 11 is 0. The summed E-state index contributed by atoms with van der Waals surface area (Å²) in [5, 5.41) is 24.3. The molecule has 0 radical (unpaired) electrons. The van der Waals surface area contributed by atoms with Crippen molar-refractivity contribution in [2.75, 3.05) is 13.7 Å². The van der Waals surface area contributed by atoms with E-state index in [0.717, 1.165) is 5.56 Å². The lowest BCUT2D eigenvalue weighted by molar-refractivity contribution is -0.124. The van der Waals surface area contributed by atoms with Crippen LogP contribution in [-0.2, 0) is 16.0 Å². The molecule has 9 nitrogen and oxygen atoms in total. The smallest absolute Gasteiger partial charge is 0.426 e. The van der Waals surface area contributed by atoms with E-state index in [1.54, 1.807) is 12.1 Å². The van der Waals surface area contributed by atoms with Crippen molar-refractivity contribution < 1.29 is 28.8 Å². The van der Waals surface area contributed by atoms with Crippen molar-refractivity contribution in [2.24, 2.45) is 0 Å². The van der Waals surface area contributed by atoms with Crippen LogP contribution in [0.15, 0.2) is 42.9 Å². The van der Waals surface area contributed by atoms with Crippen molar-refractivity contribution in [1.29, 1.82) is 0 Å². The van der Waals surface area contributed by atoms with E-state index in [4.69, 9.17) is 4.74 Å². The average molecular weight is 418 g/mol. The normalized spacial score (nSPS) is 12.7. The molecule has 160 valence electrons. The summed E-state index contributed by atoms with van der Waals surface area (Å²) in [6, 6.07) is 4.93. The Bertz CT molecular complexity index is 810. The highest BCUT2D eigenvalue weighted by Gasteiger charge is 2.29. The lowest BCUT2D eigenvalue weighted by Gasteiger charge is -2.22. The zero-order valence-electron chi connectivity index (χ0n) is 16.5. The maximum atomic E-state index is 13.0. The number of amides is 2. The Balaban J connectivity index is 1.92. The Kier molecular flexibility index (Phi) is 9.32. The molecule has 0 bridgehead atoms. The molecule has 0 fully saturated rings. The number of aromatic nitrogens is 2. The van der Waals surface area contributed by atoms with Crippen molar-refractivity contribution in [3.8, 4) is 0 Å². The molecule has 2 atom stereocenters. The summed E-state index contributed by atoms with van der Waals surface area (Å²) in [5.74, 6) is -2.53. The second-order valence-electron chi connectivity index (χ2n) is 6.62. The van der Waals surface area contributed by atoms with Crippen LogP contribution < -0.4 is 10.6 Å². The van der Waals surface area contributed by atoms with Gasteiger partial charge in [-0.15, -0.1) is 0 Å². The Labute approximate surface area is 173 Å². The Morgan fingerprint density at radius 1 is 1.20 bits per heavy atom. The van der Waals surface area contributed by atoms with Crippen molar-refractivity contribution in [2.45, 2.75) is 31.2 Å². The number of methoxy groups -OCH3 is 1. The molecule has 0 aliphatic carbocycles. The van der Waals surface area contributed by atoms with Gasteiger partial charge in [0.05, 0.1) is 18.7 Å². The van der Waals surface area contributed by atoms with Crippen LogP contribution in [0.2, 0.25) is 0 Å². The Hall–Kier alpha value is -2.89. The fraction of sp³-hybridized carbons (Fsp3) is 0.368. The van der Waals surface area contributed by atoms with Crippen LogP contribution >= 0.6 is 0 Å². The fourth-order valence-corrected chi connectivity index (χ4v) is 2.75. The number of benzene rings is 1.